The highest BCUT2D eigenvalue weighted by Crippen LogP contribution is 2.61. The molecule has 0 radical (unpaired) electrons. The molecule has 2 saturated carbocycles. The quantitative estimate of drug-likeness (QED) is 0.108. The molecular weight excluding hydrogens is 837 g/mol. The number of rotatable bonds is 6. The molecule has 4 aliphatic rings. The van der Waals surface area contributed by atoms with E-state index >= 15 is 0 Å². The zero-order valence-corrected chi connectivity index (χ0v) is 37.6. The number of aromatic hydroxyl groups is 1. The second-order valence-electron chi connectivity index (χ2n) is 17.8. The van der Waals surface area contributed by atoms with Gasteiger partial charge >= 0.3 is 5.97 Å². The molecule has 2 heterocycles. The van der Waals surface area contributed by atoms with E-state index in [1.54, 1.807) is 0 Å². The molecule has 3 aliphatic carbocycles. The van der Waals surface area contributed by atoms with Crippen LogP contribution in [0.15, 0.2) is 119 Å². The van der Waals surface area contributed by atoms with Crippen LogP contribution in [0, 0.1) is 17.3 Å². The SMILES string of the molecule is CCC(=O)OC1CCC2C3CCc4cc(O)ccc4C3CCC12C.CN1CCc2c(c3ccccc3n2Cc2ccccc2)C1.O=S(=O)(O)c1cccc2c(S(=O)(=O)O)cccc12. The van der Waals surface area contributed by atoms with Crippen LogP contribution in [0.5, 0.6) is 5.75 Å². The van der Waals surface area contributed by atoms with Crippen LogP contribution in [0.3, 0.4) is 0 Å². The average molecular weight is 893 g/mol. The molecule has 5 unspecified atom stereocenters. The second kappa shape index (κ2) is 17.8. The third kappa shape index (κ3) is 9.04. The third-order valence-corrected chi connectivity index (χ3v) is 15.9. The van der Waals surface area contributed by atoms with Crippen molar-refractivity contribution < 1.29 is 40.6 Å². The van der Waals surface area contributed by atoms with Crippen molar-refractivity contribution in [1.29, 1.82) is 0 Å². The monoisotopic (exact) mass is 892 g/mol. The van der Waals surface area contributed by atoms with E-state index in [0.717, 1.165) is 57.5 Å². The lowest BCUT2D eigenvalue weighted by atomic mass is 9.55. The van der Waals surface area contributed by atoms with E-state index in [1.807, 2.05) is 19.1 Å². The van der Waals surface area contributed by atoms with Crippen LogP contribution in [-0.4, -0.2) is 66.2 Å². The number of fused-ring (bicyclic) bond motifs is 9. The Bertz CT molecular complexity index is 2810. The summed E-state index contributed by atoms with van der Waals surface area (Å²) in [6, 6.07) is 33.1. The second-order valence-corrected chi connectivity index (χ2v) is 20.6. The maximum absolute atomic E-state index is 11.8. The number of benzene rings is 5. The fourth-order valence-electron chi connectivity index (χ4n) is 11.1. The Labute approximate surface area is 370 Å². The summed E-state index contributed by atoms with van der Waals surface area (Å²) < 4.78 is 71.0. The number of hydrogen-bond donors (Lipinski definition) is 3. The summed E-state index contributed by atoms with van der Waals surface area (Å²) in [5.74, 6) is 2.32. The van der Waals surface area contributed by atoms with Crippen molar-refractivity contribution in [2.45, 2.75) is 100 Å². The molecule has 3 N–H and O–H groups in total. The highest BCUT2D eigenvalue weighted by molar-refractivity contribution is 7.86. The number of phenols is 1. The van der Waals surface area contributed by atoms with Crippen LogP contribution in [0.4, 0.5) is 0 Å². The van der Waals surface area contributed by atoms with Gasteiger partial charge < -0.3 is 19.3 Å². The van der Waals surface area contributed by atoms with Crippen molar-refractivity contribution in [3.05, 3.63) is 137 Å². The fourth-order valence-corrected chi connectivity index (χ4v) is 12.6. The molecule has 11 nitrogen and oxygen atoms in total. The Hall–Kier alpha value is -5.05. The number of carbonyl (C=O) groups is 1. The Morgan fingerprint density at radius 2 is 1.43 bits per heavy atom. The number of nitrogens with zero attached hydrogens (tertiary/aromatic N) is 2. The van der Waals surface area contributed by atoms with Crippen LogP contribution < -0.4 is 0 Å². The van der Waals surface area contributed by atoms with Gasteiger partial charge in [0.1, 0.15) is 21.6 Å². The molecule has 0 amide bonds. The van der Waals surface area contributed by atoms with Crippen LogP contribution in [0.2, 0.25) is 0 Å². The molecule has 0 spiro atoms. The van der Waals surface area contributed by atoms with Gasteiger partial charge in [-0.25, -0.2) is 0 Å². The molecule has 2 fully saturated rings. The average Bonchev–Trinajstić information content (AvgIpc) is 3.76. The van der Waals surface area contributed by atoms with Crippen molar-refractivity contribution in [1.82, 2.24) is 9.47 Å². The lowest BCUT2D eigenvalue weighted by Crippen LogP contribution is -2.45. The third-order valence-electron chi connectivity index (χ3n) is 14.1. The van der Waals surface area contributed by atoms with E-state index in [9.17, 15) is 26.7 Å². The Balaban J connectivity index is 0.000000131. The highest BCUT2D eigenvalue weighted by atomic mass is 32.2. The van der Waals surface area contributed by atoms with Gasteiger partial charge in [0.2, 0.25) is 0 Å². The van der Waals surface area contributed by atoms with Crippen molar-refractivity contribution in [3.8, 4) is 5.75 Å². The molecule has 63 heavy (non-hydrogen) atoms. The first-order valence-corrected chi connectivity index (χ1v) is 24.7. The first kappa shape index (κ1) is 44.6. The molecular formula is C50H56N2O9S2. The van der Waals surface area contributed by atoms with Gasteiger partial charge in [0.25, 0.3) is 20.2 Å². The smallest absolute Gasteiger partial charge is 0.305 e. The Morgan fingerprint density at radius 1 is 0.778 bits per heavy atom. The minimum absolute atomic E-state index is 0.0233. The largest absolute Gasteiger partial charge is 0.508 e. The van der Waals surface area contributed by atoms with Gasteiger partial charge in [-0.05, 0) is 116 Å². The summed E-state index contributed by atoms with van der Waals surface area (Å²) in [7, 11) is -6.72. The first-order chi connectivity index (χ1) is 30.1. The predicted molar refractivity (Wildman–Crippen MR) is 244 cm³/mol. The molecule has 0 bridgehead atoms. The minimum Gasteiger partial charge on any atom is -0.508 e. The number of esters is 1. The summed E-state index contributed by atoms with van der Waals surface area (Å²) >= 11 is 0. The molecule has 0 saturated heterocycles. The molecule has 1 aromatic heterocycles. The maximum Gasteiger partial charge on any atom is 0.305 e. The van der Waals surface area contributed by atoms with Gasteiger partial charge in [-0.3, -0.25) is 13.9 Å². The first-order valence-electron chi connectivity index (χ1n) is 21.9. The van der Waals surface area contributed by atoms with Crippen LogP contribution >= 0.6 is 0 Å². The molecule has 332 valence electrons. The van der Waals surface area contributed by atoms with Crippen LogP contribution in [0.25, 0.3) is 21.7 Å². The lowest BCUT2D eigenvalue weighted by Gasteiger charge is -2.50. The number of phenolic OH excluding ortho intramolecular Hbond substituents is 1. The van der Waals surface area contributed by atoms with E-state index in [-0.39, 0.29) is 28.3 Å². The van der Waals surface area contributed by atoms with Gasteiger partial charge in [-0.1, -0.05) is 92.7 Å². The molecule has 6 aromatic rings. The van der Waals surface area contributed by atoms with Crippen molar-refractivity contribution in [2.75, 3.05) is 13.6 Å². The Kier molecular flexibility index (Phi) is 12.6. The molecule has 13 heteroatoms. The van der Waals surface area contributed by atoms with E-state index in [2.05, 4.69) is 84.1 Å². The van der Waals surface area contributed by atoms with Crippen molar-refractivity contribution >= 4 is 47.9 Å². The number of likely N-dealkylation sites (N-methyl/N-ethyl adjacent to an activating group) is 1. The van der Waals surface area contributed by atoms with Gasteiger partial charge in [0.05, 0.1) is 0 Å². The number of aryl methyl sites for hydroxylation is 1. The topological polar surface area (TPSA) is 163 Å². The van der Waals surface area contributed by atoms with Gasteiger partial charge in [0, 0.05) is 65.3 Å². The lowest BCUT2D eigenvalue weighted by molar-refractivity contribution is -0.157. The highest BCUT2D eigenvalue weighted by Gasteiger charge is 2.56. The minimum atomic E-state index is -4.47. The summed E-state index contributed by atoms with van der Waals surface area (Å²) in [6.07, 6.45) is 8.53. The molecule has 10 rings (SSSR count). The molecule has 1 aliphatic heterocycles. The molecule has 5 atom stereocenters. The van der Waals surface area contributed by atoms with E-state index in [0.29, 0.717) is 29.9 Å². The normalized spacial score (nSPS) is 22.9. The van der Waals surface area contributed by atoms with Gasteiger partial charge in [-0.2, -0.15) is 16.8 Å². The van der Waals surface area contributed by atoms with Crippen molar-refractivity contribution in [2.24, 2.45) is 17.3 Å². The standard InChI is InChI=1S/C21H28O3.C19H20N2.C10H8O6S2/c1-3-20(23)24-19-9-8-18-17-6-4-13-12-14(22)5-7-15(13)16(17)10-11-21(18,19)2;1-20-12-11-19-17(14-20)16-9-5-6-10-18(16)21(19)13-15-7-3-2-4-8-15;11-17(12,13)9-5-1-3-7-8(9)4-2-6-10(7)18(14,15)16/h5,7,12,16-19,22H,3-4,6,8-11H2,1-2H3;2-10H,11-14H2,1H3;1-6H,(H,11,12,13)(H,14,15,16). The number of carbonyl (C=O) groups excluding carboxylic acids is 1. The zero-order valence-electron chi connectivity index (χ0n) is 36.0. The number of aromatic nitrogens is 1. The van der Waals surface area contributed by atoms with Gasteiger partial charge in [-0.15, -0.1) is 0 Å². The summed E-state index contributed by atoms with van der Waals surface area (Å²) in [5, 5.41) is 11.2. The van der Waals surface area contributed by atoms with Crippen LogP contribution in [0.1, 0.15) is 86.2 Å². The number of ether oxygens (including phenoxy) is 1. The number of para-hydroxylation sites is 1. The maximum atomic E-state index is 11.8. The van der Waals surface area contributed by atoms with Crippen LogP contribution in [-0.2, 0) is 55.7 Å². The van der Waals surface area contributed by atoms with E-state index < -0.39 is 30.0 Å². The zero-order chi connectivity index (χ0) is 44.7. The van der Waals surface area contributed by atoms with Gasteiger partial charge in [0.15, 0.2) is 0 Å². The summed E-state index contributed by atoms with van der Waals surface area (Å²) in [6.45, 7) is 7.43. The number of hydrogen-bond acceptors (Lipinski definition) is 8. The fraction of sp³-hybridized carbons (Fsp3) is 0.380. The molecule has 5 aromatic carbocycles. The Morgan fingerprint density at radius 3 is 2.10 bits per heavy atom. The predicted octanol–water partition coefficient (Wildman–Crippen LogP) is 9.58. The summed E-state index contributed by atoms with van der Waals surface area (Å²) in [4.78, 5) is 13.4. The summed E-state index contributed by atoms with van der Waals surface area (Å²) in [5.41, 5.74) is 8.75. The van der Waals surface area contributed by atoms with E-state index in [4.69, 9.17) is 13.8 Å². The van der Waals surface area contributed by atoms with E-state index in [1.165, 1.54) is 82.4 Å². The van der Waals surface area contributed by atoms with Crippen molar-refractivity contribution in [3.63, 3.8) is 0 Å².